The van der Waals surface area contributed by atoms with Gasteiger partial charge in [0.05, 0.1) is 22.5 Å². The summed E-state index contributed by atoms with van der Waals surface area (Å²) >= 11 is 0. The molecule has 1 unspecified atom stereocenters. The predicted molar refractivity (Wildman–Crippen MR) is 107 cm³/mol. The van der Waals surface area contributed by atoms with Crippen molar-refractivity contribution in [3.8, 4) is 5.82 Å². The molecular weight excluding hydrogens is 374 g/mol. The lowest BCUT2D eigenvalue weighted by molar-refractivity contribution is -0.692. The van der Waals surface area contributed by atoms with Gasteiger partial charge in [-0.2, -0.15) is 4.57 Å². The predicted octanol–water partition coefficient (Wildman–Crippen LogP) is 3.67. The van der Waals surface area contributed by atoms with Crippen molar-refractivity contribution in [2.24, 2.45) is 4.36 Å². The van der Waals surface area contributed by atoms with E-state index in [9.17, 15) is 8.76 Å². The van der Waals surface area contributed by atoms with Crippen LogP contribution in [0.5, 0.6) is 0 Å². The number of aromatic nitrogens is 4. The summed E-state index contributed by atoms with van der Waals surface area (Å²) < 4.78 is 31.4. The van der Waals surface area contributed by atoms with Crippen molar-refractivity contribution >= 4 is 26.9 Å². The minimum absolute atomic E-state index is 0.116. The zero-order valence-electron chi connectivity index (χ0n) is 15.6. The molecule has 0 aliphatic heterocycles. The van der Waals surface area contributed by atoms with Crippen LogP contribution in [0.25, 0.3) is 16.9 Å². The van der Waals surface area contributed by atoms with E-state index in [0.717, 1.165) is 12.1 Å². The van der Waals surface area contributed by atoms with Crippen LogP contribution in [0.15, 0.2) is 76.5 Å². The van der Waals surface area contributed by atoms with Gasteiger partial charge in [0, 0.05) is 0 Å². The second-order valence-corrected chi connectivity index (χ2v) is 8.06. The smallest absolute Gasteiger partial charge is 0.272 e. The van der Waals surface area contributed by atoms with Crippen LogP contribution in [0.2, 0.25) is 0 Å². The number of para-hydroxylation sites is 2. The maximum absolute atomic E-state index is 13.0. The molecule has 0 saturated carbocycles. The first-order valence-electron chi connectivity index (χ1n) is 8.87. The van der Waals surface area contributed by atoms with E-state index in [1.807, 2.05) is 55.3 Å². The van der Waals surface area contributed by atoms with Gasteiger partial charge in [-0.25, -0.2) is 18.7 Å². The molecule has 0 bridgehead atoms. The Labute approximate surface area is 163 Å². The fraction of sp³-hybridized carbons (Fsp3) is 0.150. The summed E-state index contributed by atoms with van der Waals surface area (Å²) in [5, 5.41) is 0. The maximum atomic E-state index is 13.0. The summed E-state index contributed by atoms with van der Waals surface area (Å²) in [7, 11) is -3.68. The van der Waals surface area contributed by atoms with Crippen LogP contribution >= 0.6 is 0 Å². The molecule has 4 rings (SSSR count). The highest BCUT2D eigenvalue weighted by atomic mass is 32.2. The van der Waals surface area contributed by atoms with Crippen LogP contribution in [-0.2, 0) is 16.6 Å². The van der Waals surface area contributed by atoms with Gasteiger partial charge in [-0.1, -0.05) is 29.8 Å². The van der Waals surface area contributed by atoms with Crippen LogP contribution in [-0.4, -0.2) is 23.3 Å². The molecule has 0 saturated heterocycles. The Balaban J connectivity index is 1.95. The van der Waals surface area contributed by atoms with Crippen molar-refractivity contribution < 1.29 is 13.3 Å². The Hall–Kier alpha value is -3.10. The Bertz CT molecular complexity index is 1270. The molecule has 4 aromatic rings. The number of fused-ring (bicyclic) bond motifs is 1. The molecular formula is C20H20N5O2S+. The van der Waals surface area contributed by atoms with Crippen molar-refractivity contribution in [3.63, 3.8) is 0 Å². The molecule has 142 valence electrons. The van der Waals surface area contributed by atoms with E-state index in [0.29, 0.717) is 16.9 Å². The third kappa shape index (κ3) is 3.51. The Kier molecular flexibility index (Phi) is 4.66. The fourth-order valence-corrected chi connectivity index (χ4v) is 3.76. The normalized spacial score (nSPS) is 13.4. The molecule has 8 heteroatoms. The van der Waals surface area contributed by atoms with E-state index < -0.39 is 10.0 Å². The largest absolute Gasteiger partial charge is 0.296 e. The zero-order chi connectivity index (χ0) is 19.7. The van der Waals surface area contributed by atoms with Crippen LogP contribution in [0, 0.1) is 6.92 Å². The highest BCUT2D eigenvalue weighted by Gasteiger charge is 2.19. The van der Waals surface area contributed by atoms with E-state index >= 15 is 0 Å². The molecule has 0 amide bonds. The average Bonchev–Trinajstić information content (AvgIpc) is 3.16. The van der Waals surface area contributed by atoms with Crippen LogP contribution in [0.3, 0.4) is 0 Å². The number of nitrogens with zero attached hydrogens (tertiary/aromatic N) is 5. The topological polar surface area (TPSA) is 84.3 Å². The average molecular weight is 394 g/mol. The summed E-state index contributed by atoms with van der Waals surface area (Å²) in [6.45, 7) is 4.74. The first kappa shape index (κ1) is 18.3. The Morgan fingerprint density at radius 3 is 2.43 bits per heavy atom. The van der Waals surface area contributed by atoms with Gasteiger partial charge in [-0.15, -0.1) is 4.36 Å². The van der Waals surface area contributed by atoms with Gasteiger partial charge in [-0.05, 0) is 38.1 Å². The van der Waals surface area contributed by atoms with Crippen LogP contribution in [0.1, 0.15) is 12.5 Å². The van der Waals surface area contributed by atoms with Gasteiger partial charge in [0.25, 0.3) is 5.82 Å². The standard InChI is InChI=1S/C20H19N5O2S/c1-3-24-12-13-25(14-24)20-19(21-17-6-4-5-7-18(17)22-20)23-28(26,27)16-10-8-15(2)9-11-16/h4-14H,3H2,1-2H3/p+1. The first-order chi connectivity index (χ1) is 13.5. The second-order valence-electron chi connectivity index (χ2n) is 6.41. The molecule has 0 spiro atoms. The number of rotatable bonds is 4. The van der Waals surface area contributed by atoms with Gasteiger partial charge in [0.2, 0.25) is 12.1 Å². The van der Waals surface area contributed by atoms with Crippen molar-refractivity contribution in [1.82, 2.24) is 14.5 Å². The molecule has 7 nitrogen and oxygen atoms in total. The molecule has 0 radical (unpaired) electrons. The quantitative estimate of drug-likeness (QED) is 0.535. The molecule has 0 aliphatic carbocycles. The summed E-state index contributed by atoms with van der Waals surface area (Å²) in [6.07, 6.45) is 5.58. The van der Waals surface area contributed by atoms with Gasteiger partial charge in [0.1, 0.15) is 12.4 Å². The molecule has 2 heterocycles. The van der Waals surface area contributed by atoms with Crippen LogP contribution < -0.4 is 4.57 Å². The van der Waals surface area contributed by atoms with E-state index in [-0.39, 0.29) is 10.7 Å². The SMILES string of the molecule is CC[n+]1ccn(-c2nc3ccccc3nc2N=S(=O)(O)c2ccc(C)cc2)c1. The lowest BCUT2D eigenvalue weighted by atomic mass is 10.2. The monoisotopic (exact) mass is 394 g/mol. The van der Waals surface area contributed by atoms with Gasteiger partial charge >= 0.3 is 0 Å². The number of hydrogen-bond donors (Lipinski definition) is 1. The fourth-order valence-electron chi connectivity index (χ4n) is 2.81. The molecule has 0 fully saturated rings. The van der Waals surface area contributed by atoms with Crippen molar-refractivity contribution in [2.45, 2.75) is 25.3 Å². The van der Waals surface area contributed by atoms with E-state index in [4.69, 9.17) is 0 Å². The second kappa shape index (κ2) is 7.14. The van der Waals surface area contributed by atoms with Crippen molar-refractivity contribution in [2.75, 3.05) is 0 Å². The highest BCUT2D eigenvalue weighted by molar-refractivity contribution is 7.88. The van der Waals surface area contributed by atoms with Crippen LogP contribution in [0.4, 0.5) is 5.82 Å². The van der Waals surface area contributed by atoms with E-state index in [2.05, 4.69) is 14.3 Å². The number of aryl methyl sites for hydroxylation is 2. The number of imidazole rings is 1. The van der Waals surface area contributed by atoms with E-state index in [1.165, 1.54) is 0 Å². The Morgan fingerprint density at radius 2 is 1.79 bits per heavy atom. The summed E-state index contributed by atoms with van der Waals surface area (Å²) in [5.74, 6) is 0.519. The van der Waals surface area contributed by atoms with Gasteiger partial charge < -0.3 is 0 Å². The van der Waals surface area contributed by atoms with Crippen molar-refractivity contribution in [3.05, 3.63) is 72.8 Å². The molecule has 2 aromatic heterocycles. The lowest BCUT2D eigenvalue weighted by Crippen LogP contribution is -2.28. The number of hydrogen-bond acceptors (Lipinski definition) is 4. The maximum Gasteiger partial charge on any atom is 0.272 e. The molecule has 0 aliphatic rings. The first-order valence-corrected chi connectivity index (χ1v) is 10.3. The minimum atomic E-state index is -3.68. The molecule has 1 N–H and O–H groups in total. The Morgan fingerprint density at radius 1 is 1.11 bits per heavy atom. The molecule has 28 heavy (non-hydrogen) atoms. The third-order valence-electron chi connectivity index (χ3n) is 4.37. The lowest BCUT2D eigenvalue weighted by Gasteiger charge is -2.06. The summed E-state index contributed by atoms with van der Waals surface area (Å²) in [4.78, 5) is 9.39. The third-order valence-corrected chi connectivity index (χ3v) is 5.68. The van der Waals surface area contributed by atoms with Gasteiger partial charge in [-0.3, -0.25) is 4.55 Å². The van der Waals surface area contributed by atoms with E-state index in [1.54, 1.807) is 34.9 Å². The van der Waals surface area contributed by atoms with Gasteiger partial charge in [0.15, 0.2) is 10.0 Å². The molecule has 1 atom stereocenters. The van der Waals surface area contributed by atoms with Crippen molar-refractivity contribution in [1.29, 1.82) is 0 Å². The zero-order valence-corrected chi connectivity index (χ0v) is 16.4. The molecule has 2 aromatic carbocycles. The minimum Gasteiger partial charge on any atom is -0.296 e. The number of benzene rings is 2. The summed E-state index contributed by atoms with van der Waals surface area (Å²) in [6, 6.07) is 14.2. The highest BCUT2D eigenvalue weighted by Crippen LogP contribution is 2.26. The summed E-state index contributed by atoms with van der Waals surface area (Å²) in [5.41, 5.74) is 2.30.